The van der Waals surface area contributed by atoms with E-state index in [1.807, 2.05) is 0 Å². The van der Waals surface area contributed by atoms with Gasteiger partial charge < -0.3 is 15.0 Å². The van der Waals surface area contributed by atoms with Gasteiger partial charge in [0.2, 0.25) is 5.91 Å². The van der Waals surface area contributed by atoms with Crippen molar-refractivity contribution in [3.8, 4) is 5.75 Å². The van der Waals surface area contributed by atoms with E-state index in [0.29, 0.717) is 48.8 Å². The Morgan fingerprint density at radius 1 is 1.06 bits per heavy atom. The number of hydrogen-bond acceptors (Lipinski definition) is 4. The molecule has 0 unspecified atom stereocenters. The van der Waals surface area contributed by atoms with Crippen molar-refractivity contribution < 1.29 is 14.3 Å². The van der Waals surface area contributed by atoms with Crippen molar-refractivity contribution in [1.29, 1.82) is 0 Å². The second-order valence-electron chi connectivity index (χ2n) is 8.41. The van der Waals surface area contributed by atoms with Crippen LogP contribution in [0.1, 0.15) is 48.2 Å². The van der Waals surface area contributed by atoms with E-state index in [2.05, 4.69) is 48.3 Å². The quantitative estimate of drug-likeness (QED) is 0.590. The van der Waals surface area contributed by atoms with E-state index >= 15 is 0 Å². The predicted octanol–water partition coefficient (Wildman–Crippen LogP) is 4.36. The first kappa shape index (κ1) is 25.1. The Morgan fingerprint density at radius 3 is 2.30 bits per heavy atom. The highest BCUT2D eigenvalue weighted by Crippen LogP contribution is 2.26. The lowest BCUT2D eigenvalue weighted by Gasteiger charge is -2.31. The molecule has 0 aliphatic carbocycles. The van der Waals surface area contributed by atoms with E-state index < -0.39 is 0 Å². The largest absolute Gasteiger partial charge is 0.496 e. The van der Waals surface area contributed by atoms with Gasteiger partial charge in [-0.25, -0.2) is 0 Å². The van der Waals surface area contributed by atoms with Crippen LogP contribution in [0.3, 0.4) is 0 Å². The molecule has 1 fully saturated rings. The van der Waals surface area contributed by atoms with Gasteiger partial charge in [-0.1, -0.05) is 49.7 Å². The Labute approximate surface area is 201 Å². The minimum Gasteiger partial charge on any atom is -0.496 e. The molecule has 0 aromatic heterocycles. The molecule has 0 radical (unpaired) electrons. The molecule has 2 aromatic rings. The minimum absolute atomic E-state index is 0.0506. The molecule has 1 saturated heterocycles. The van der Waals surface area contributed by atoms with E-state index in [-0.39, 0.29) is 17.7 Å². The number of hydrogen-bond donors (Lipinski definition) is 1. The highest BCUT2D eigenvalue weighted by molar-refractivity contribution is 6.31. The third-order valence-electron chi connectivity index (χ3n) is 6.34. The Morgan fingerprint density at radius 2 is 1.70 bits per heavy atom. The molecule has 3 rings (SSSR count). The van der Waals surface area contributed by atoms with Gasteiger partial charge in [0.1, 0.15) is 5.75 Å². The number of nitrogens with one attached hydrogen (secondary N) is 1. The fraction of sp³-hybridized carbons (Fsp3) is 0.462. The van der Waals surface area contributed by atoms with E-state index in [1.165, 1.54) is 12.7 Å². The minimum atomic E-state index is -0.113. The van der Waals surface area contributed by atoms with E-state index in [0.717, 1.165) is 25.2 Å². The van der Waals surface area contributed by atoms with Crippen LogP contribution in [0, 0.1) is 5.92 Å². The van der Waals surface area contributed by atoms with Crippen molar-refractivity contribution >= 4 is 23.4 Å². The van der Waals surface area contributed by atoms with Crippen LogP contribution in [-0.4, -0.2) is 54.9 Å². The summed E-state index contributed by atoms with van der Waals surface area (Å²) in [4.78, 5) is 29.8. The number of amides is 2. The lowest BCUT2D eigenvalue weighted by Crippen LogP contribution is -2.43. The summed E-state index contributed by atoms with van der Waals surface area (Å²) in [7, 11) is 1.54. The first-order valence-corrected chi connectivity index (χ1v) is 12.0. The summed E-state index contributed by atoms with van der Waals surface area (Å²) in [5.41, 5.74) is 2.83. The summed E-state index contributed by atoms with van der Waals surface area (Å²) in [6.07, 6.45) is 1.28. The average Bonchev–Trinajstić information content (AvgIpc) is 2.86. The van der Waals surface area contributed by atoms with Crippen molar-refractivity contribution in [1.82, 2.24) is 15.1 Å². The standard InChI is InChI=1S/C26H34ClN3O3/c1-4-29(5-2)18-20-8-6-19(7-9-20)17-28-25(31)21-12-14-30(15-13-21)26(32)23-16-22(27)10-11-24(23)33-3/h6-11,16,21H,4-5,12-15,17-18H2,1-3H3,(H,28,31). The number of benzene rings is 2. The number of nitrogens with zero attached hydrogens (tertiary/aromatic N) is 2. The number of rotatable bonds is 9. The Hall–Kier alpha value is -2.57. The second kappa shape index (κ2) is 12.1. The third kappa shape index (κ3) is 6.71. The summed E-state index contributed by atoms with van der Waals surface area (Å²) >= 11 is 6.07. The molecule has 1 N–H and O–H groups in total. The number of methoxy groups -OCH3 is 1. The zero-order valence-corrected chi connectivity index (χ0v) is 20.5. The topological polar surface area (TPSA) is 61.9 Å². The monoisotopic (exact) mass is 471 g/mol. The van der Waals surface area contributed by atoms with Gasteiger partial charge in [-0.2, -0.15) is 0 Å². The van der Waals surface area contributed by atoms with Crippen LogP contribution in [0.25, 0.3) is 0 Å². The number of halogens is 1. The molecule has 178 valence electrons. The van der Waals surface area contributed by atoms with Gasteiger partial charge in [-0.05, 0) is 55.3 Å². The summed E-state index contributed by atoms with van der Waals surface area (Å²) < 4.78 is 5.31. The number of likely N-dealkylation sites (tertiary alicyclic amines) is 1. The van der Waals surface area contributed by atoms with E-state index in [9.17, 15) is 9.59 Å². The third-order valence-corrected chi connectivity index (χ3v) is 6.57. The molecule has 2 aromatic carbocycles. The van der Waals surface area contributed by atoms with Gasteiger partial charge in [-0.15, -0.1) is 0 Å². The van der Waals surface area contributed by atoms with Crippen LogP contribution >= 0.6 is 11.6 Å². The predicted molar refractivity (Wildman–Crippen MR) is 132 cm³/mol. The van der Waals surface area contributed by atoms with Crippen LogP contribution < -0.4 is 10.1 Å². The summed E-state index contributed by atoms with van der Waals surface area (Å²) in [6.45, 7) is 8.93. The van der Waals surface area contributed by atoms with Crippen molar-refractivity contribution in [2.24, 2.45) is 5.92 Å². The number of carbonyl (C=O) groups is 2. The maximum Gasteiger partial charge on any atom is 0.257 e. The lowest BCUT2D eigenvalue weighted by molar-refractivity contribution is -0.126. The van der Waals surface area contributed by atoms with E-state index in [1.54, 1.807) is 23.1 Å². The lowest BCUT2D eigenvalue weighted by atomic mass is 9.95. The van der Waals surface area contributed by atoms with Crippen molar-refractivity contribution in [3.63, 3.8) is 0 Å². The van der Waals surface area contributed by atoms with Gasteiger partial charge in [0, 0.05) is 37.1 Å². The Kier molecular flexibility index (Phi) is 9.15. The molecular formula is C26H34ClN3O3. The normalized spacial score (nSPS) is 14.4. The van der Waals surface area contributed by atoms with Crippen LogP contribution in [0.2, 0.25) is 5.02 Å². The van der Waals surface area contributed by atoms with Crippen LogP contribution in [-0.2, 0) is 17.9 Å². The summed E-state index contributed by atoms with van der Waals surface area (Å²) in [5, 5.41) is 3.56. The zero-order valence-electron chi connectivity index (χ0n) is 19.8. The molecule has 33 heavy (non-hydrogen) atoms. The van der Waals surface area contributed by atoms with Crippen LogP contribution in [0.4, 0.5) is 0 Å². The zero-order chi connectivity index (χ0) is 23.8. The highest BCUT2D eigenvalue weighted by Gasteiger charge is 2.29. The Bertz CT molecular complexity index is 936. The second-order valence-corrected chi connectivity index (χ2v) is 8.84. The Balaban J connectivity index is 1.48. The molecule has 2 amide bonds. The van der Waals surface area contributed by atoms with Crippen LogP contribution in [0.15, 0.2) is 42.5 Å². The van der Waals surface area contributed by atoms with Crippen molar-refractivity contribution in [2.45, 2.75) is 39.8 Å². The molecule has 0 saturated carbocycles. The first-order chi connectivity index (χ1) is 15.9. The van der Waals surface area contributed by atoms with Gasteiger partial charge in [0.25, 0.3) is 5.91 Å². The molecule has 0 atom stereocenters. The fourth-order valence-corrected chi connectivity index (χ4v) is 4.34. The fourth-order valence-electron chi connectivity index (χ4n) is 4.16. The van der Waals surface area contributed by atoms with Gasteiger partial charge >= 0.3 is 0 Å². The van der Waals surface area contributed by atoms with Gasteiger partial charge in [0.15, 0.2) is 0 Å². The molecule has 1 aliphatic heterocycles. The molecule has 6 nitrogen and oxygen atoms in total. The number of ether oxygens (including phenoxy) is 1. The SMILES string of the molecule is CCN(CC)Cc1ccc(CNC(=O)C2CCN(C(=O)c3cc(Cl)ccc3OC)CC2)cc1. The molecular weight excluding hydrogens is 438 g/mol. The van der Waals surface area contributed by atoms with Gasteiger partial charge in [-0.3, -0.25) is 14.5 Å². The average molecular weight is 472 g/mol. The maximum atomic E-state index is 12.9. The van der Waals surface area contributed by atoms with Crippen LogP contribution in [0.5, 0.6) is 5.75 Å². The molecule has 1 aliphatic rings. The molecule has 1 heterocycles. The van der Waals surface area contributed by atoms with Crippen molar-refractivity contribution in [2.75, 3.05) is 33.3 Å². The summed E-state index contributed by atoms with van der Waals surface area (Å²) in [5.74, 6) is 0.359. The summed E-state index contributed by atoms with van der Waals surface area (Å²) in [6, 6.07) is 13.5. The van der Waals surface area contributed by atoms with E-state index in [4.69, 9.17) is 16.3 Å². The van der Waals surface area contributed by atoms with Crippen molar-refractivity contribution in [3.05, 3.63) is 64.2 Å². The molecule has 7 heteroatoms. The number of carbonyl (C=O) groups excluding carboxylic acids is 2. The smallest absolute Gasteiger partial charge is 0.257 e. The maximum absolute atomic E-state index is 12.9. The first-order valence-electron chi connectivity index (χ1n) is 11.7. The molecule has 0 bridgehead atoms. The number of piperidine rings is 1. The molecule has 0 spiro atoms. The van der Waals surface area contributed by atoms with Gasteiger partial charge in [0.05, 0.1) is 12.7 Å². The highest BCUT2D eigenvalue weighted by atomic mass is 35.5.